The molecule has 114 valence electrons. The number of aliphatic hydroxyl groups is 2. The van der Waals surface area contributed by atoms with Crippen LogP contribution in [0.15, 0.2) is 42.5 Å². The molecular weight excluding hydrogens is 278 g/mol. The van der Waals surface area contributed by atoms with Crippen LogP contribution in [0.4, 0.5) is 0 Å². The van der Waals surface area contributed by atoms with Gasteiger partial charge in [0.05, 0.1) is 18.8 Å². The maximum atomic E-state index is 12.3. The van der Waals surface area contributed by atoms with E-state index in [2.05, 4.69) is 17.4 Å². The summed E-state index contributed by atoms with van der Waals surface area (Å²) in [4.78, 5) is 12.3. The Morgan fingerprint density at radius 3 is 2.50 bits per heavy atom. The maximum Gasteiger partial charge on any atom is 0.251 e. The van der Waals surface area contributed by atoms with Crippen LogP contribution in [-0.4, -0.2) is 34.9 Å². The second-order valence-corrected chi connectivity index (χ2v) is 6.04. The Kier molecular flexibility index (Phi) is 3.72. The number of amides is 1. The lowest BCUT2D eigenvalue weighted by Gasteiger charge is -2.26. The average Bonchev–Trinajstić information content (AvgIpc) is 2.92. The van der Waals surface area contributed by atoms with Crippen LogP contribution in [0.25, 0.3) is 11.1 Å². The second-order valence-electron chi connectivity index (χ2n) is 6.04. The summed E-state index contributed by atoms with van der Waals surface area (Å²) in [7, 11) is 0. The van der Waals surface area contributed by atoms with Gasteiger partial charge in [0, 0.05) is 5.56 Å². The SMILES string of the molecule is CC(CO)(CO)NC(=O)c1ccc2c(c1)Cc1ccccc1-2. The van der Waals surface area contributed by atoms with Gasteiger partial charge in [-0.1, -0.05) is 30.3 Å². The zero-order valence-corrected chi connectivity index (χ0v) is 12.5. The summed E-state index contributed by atoms with van der Waals surface area (Å²) < 4.78 is 0. The lowest BCUT2D eigenvalue weighted by molar-refractivity contribution is 0.0724. The molecule has 4 nitrogen and oxygen atoms in total. The van der Waals surface area contributed by atoms with Crippen molar-refractivity contribution in [3.05, 3.63) is 59.2 Å². The summed E-state index contributed by atoms with van der Waals surface area (Å²) in [5.41, 5.74) is 4.31. The molecule has 0 aromatic heterocycles. The van der Waals surface area contributed by atoms with Crippen molar-refractivity contribution in [2.75, 3.05) is 13.2 Å². The second kappa shape index (κ2) is 5.55. The van der Waals surface area contributed by atoms with Crippen molar-refractivity contribution in [2.45, 2.75) is 18.9 Å². The van der Waals surface area contributed by atoms with Gasteiger partial charge >= 0.3 is 0 Å². The first kappa shape index (κ1) is 14.8. The molecular formula is C18H19NO3. The number of hydrogen-bond donors (Lipinski definition) is 3. The molecule has 0 bridgehead atoms. The number of benzene rings is 2. The number of rotatable bonds is 4. The minimum Gasteiger partial charge on any atom is -0.394 e. The van der Waals surface area contributed by atoms with Crippen molar-refractivity contribution in [3.8, 4) is 11.1 Å². The average molecular weight is 297 g/mol. The molecule has 0 saturated carbocycles. The Morgan fingerprint density at radius 2 is 1.77 bits per heavy atom. The van der Waals surface area contributed by atoms with E-state index in [1.165, 1.54) is 16.7 Å². The van der Waals surface area contributed by atoms with E-state index < -0.39 is 5.54 Å². The highest BCUT2D eigenvalue weighted by Crippen LogP contribution is 2.36. The van der Waals surface area contributed by atoms with Crippen molar-refractivity contribution in [2.24, 2.45) is 0 Å². The predicted octanol–water partition coefficient (Wildman–Crippen LogP) is 1.73. The van der Waals surface area contributed by atoms with Crippen LogP contribution in [0.3, 0.4) is 0 Å². The van der Waals surface area contributed by atoms with E-state index in [-0.39, 0.29) is 19.1 Å². The molecule has 3 N–H and O–H groups in total. The highest BCUT2D eigenvalue weighted by Gasteiger charge is 2.26. The number of hydrogen-bond acceptors (Lipinski definition) is 3. The van der Waals surface area contributed by atoms with Crippen LogP contribution in [0.2, 0.25) is 0 Å². The summed E-state index contributed by atoms with van der Waals surface area (Å²) in [6, 6.07) is 13.9. The van der Waals surface area contributed by atoms with Gasteiger partial charge in [0.25, 0.3) is 5.91 Å². The molecule has 0 saturated heterocycles. The lowest BCUT2D eigenvalue weighted by atomic mass is 10.0. The van der Waals surface area contributed by atoms with E-state index in [0.29, 0.717) is 5.56 Å². The van der Waals surface area contributed by atoms with Gasteiger partial charge in [0.2, 0.25) is 0 Å². The van der Waals surface area contributed by atoms with Gasteiger partial charge in [-0.2, -0.15) is 0 Å². The summed E-state index contributed by atoms with van der Waals surface area (Å²) in [5, 5.41) is 21.2. The van der Waals surface area contributed by atoms with Crippen molar-refractivity contribution in [3.63, 3.8) is 0 Å². The molecule has 0 aliphatic heterocycles. The van der Waals surface area contributed by atoms with Crippen molar-refractivity contribution < 1.29 is 15.0 Å². The molecule has 0 spiro atoms. The molecule has 0 atom stereocenters. The minimum atomic E-state index is -1.01. The number of aliphatic hydroxyl groups excluding tert-OH is 2. The Bertz CT molecular complexity index is 720. The first-order chi connectivity index (χ1) is 10.6. The van der Waals surface area contributed by atoms with Gasteiger partial charge in [-0.3, -0.25) is 4.79 Å². The van der Waals surface area contributed by atoms with Gasteiger partial charge in [0.1, 0.15) is 0 Å². The van der Waals surface area contributed by atoms with Crippen molar-refractivity contribution in [1.29, 1.82) is 0 Å². The molecule has 0 unspecified atom stereocenters. The van der Waals surface area contributed by atoms with Crippen LogP contribution >= 0.6 is 0 Å². The third-order valence-electron chi connectivity index (χ3n) is 4.17. The standard InChI is InChI=1S/C18H19NO3/c1-18(10-20,11-21)19-17(22)13-6-7-16-14(9-13)8-12-4-2-3-5-15(12)16/h2-7,9,20-21H,8,10-11H2,1H3,(H,19,22). The Labute approximate surface area is 129 Å². The Hall–Kier alpha value is -2.17. The summed E-state index contributed by atoms with van der Waals surface area (Å²) >= 11 is 0. The Morgan fingerprint density at radius 1 is 1.09 bits per heavy atom. The van der Waals surface area contributed by atoms with Crippen LogP contribution in [-0.2, 0) is 6.42 Å². The number of carbonyl (C=O) groups excluding carboxylic acids is 1. The lowest BCUT2D eigenvalue weighted by Crippen LogP contribution is -2.51. The smallest absolute Gasteiger partial charge is 0.251 e. The molecule has 0 heterocycles. The summed E-state index contributed by atoms with van der Waals surface area (Å²) in [6.07, 6.45) is 0.823. The summed E-state index contributed by atoms with van der Waals surface area (Å²) in [6.45, 7) is 0.978. The van der Waals surface area contributed by atoms with E-state index in [4.69, 9.17) is 0 Å². The minimum absolute atomic E-state index is 0.288. The van der Waals surface area contributed by atoms with Crippen molar-refractivity contribution in [1.82, 2.24) is 5.32 Å². The van der Waals surface area contributed by atoms with E-state index in [1.54, 1.807) is 13.0 Å². The molecule has 2 aromatic rings. The molecule has 4 heteroatoms. The fourth-order valence-electron chi connectivity index (χ4n) is 2.76. The maximum absolute atomic E-state index is 12.3. The predicted molar refractivity (Wildman–Crippen MR) is 84.7 cm³/mol. The number of carbonyl (C=O) groups is 1. The molecule has 22 heavy (non-hydrogen) atoms. The molecule has 1 aliphatic carbocycles. The first-order valence-electron chi connectivity index (χ1n) is 7.32. The van der Waals surface area contributed by atoms with Gasteiger partial charge in [-0.15, -0.1) is 0 Å². The number of fused-ring (bicyclic) bond motifs is 3. The van der Waals surface area contributed by atoms with E-state index in [0.717, 1.165) is 12.0 Å². The van der Waals surface area contributed by atoms with Crippen LogP contribution in [0.1, 0.15) is 28.4 Å². The molecule has 0 fully saturated rings. The molecule has 3 rings (SSSR count). The molecule has 2 aromatic carbocycles. The zero-order chi connectivity index (χ0) is 15.7. The highest BCUT2D eigenvalue weighted by atomic mass is 16.3. The number of nitrogens with one attached hydrogen (secondary N) is 1. The van der Waals surface area contributed by atoms with Gasteiger partial charge in [0.15, 0.2) is 0 Å². The fraction of sp³-hybridized carbons (Fsp3) is 0.278. The van der Waals surface area contributed by atoms with Gasteiger partial charge in [-0.05, 0) is 47.7 Å². The van der Waals surface area contributed by atoms with Crippen LogP contribution in [0.5, 0.6) is 0 Å². The van der Waals surface area contributed by atoms with E-state index >= 15 is 0 Å². The molecule has 1 amide bonds. The van der Waals surface area contributed by atoms with Gasteiger partial charge < -0.3 is 15.5 Å². The van der Waals surface area contributed by atoms with E-state index in [1.807, 2.05) is 24.3 Å². The van der Waals surface area contributed by atoms with Crippen molar-refractivity contribution >= 4 is 5.91 Å². The molecule has 1 aliphatic rings. The quantitative estimate of drug-likeness (QED) is 0.687. The van der Waals surface area contributed by atoms with Crippen LogP contribution in [0, 0.1) is 0 Å². The third kappa shape index (κ3) is 2.51. The fourth-order valence-corrected chi connectivity index (χ4v) is 2.76. The topological polar surface area (TPSA) is 69.6 Å². The monoisotopic (exact) mass is 297 g/mol. The van der Waals surface area contributed by atoms with Crippen LogP contribution < -0.4 is 5.32 Å². The largest absolute Gasteiger partial charge is 0.394 e. The highest BCUT2D eigenvalue weighted by molar-refractivity contribution is 5.96. The van der Waals surface area contributed by atoms with Gasteiger partial charge in [-0.25, -0.2) is 0 Å². The first-order valence-corrected chi connectivity index (χ1v) is 7.32. The Balaban J connectivity index is 1.87. The van der Waals surface area contributed by atoms with E-state index in [9.17, 15) is 15.0 Å². The summed E-state index contributed by atoms with van der Waals surface area (Å²) in [5.74, 6) is -0.288. The normalized spacial score (nSPS) is 12.7. The zero-order valence-electron chi connectivity index (χ0n) is 12.5. The third-order valence-corrected chi connectivity index (χ3v) is 4.17. The molecule has 0 radical (unpaired) electrons.